The van der Waals surface area contributed by atoms with Crippen LogP contribution in [-0.2, 0) is 0 Å². The minimum absolute atomic E-state index is 0. The van der Waals surface area contributed by atoms with Crippen molar-refractivity contribution in [1.82, 2.24) is 15.5 Å². The van der Waals surface area contributed by atoms with Crippen molar-refractivity contribution in [3.8, 4) is 0 Å². The maximum Gasteiger partial charge on any atom is 0.190 e. The molecule has 0 radical (unpaired) electrons. The number of rotatable bonds is 6. The van der Waals surface area contributed by atoms with Crippen molar-refractivity contribution in [3.63, 3.8) is 0 Å². The molecule has 1 heterocycles. The zero-order chi connectivity index (χ0) is 12.5. The van der Waals surface area contributed by atoms with Crippen molar-refractivity contribution in [1.29, 1.82) is 0 Å². The molecule has 0 aliphatic carbocycles. The van der Waals surface area contributed by atoms with Gasteiger partial charge in [-0.2, -0.15) is 0 Å². The van der Waals surface area contributed by atoms with Crippen LogP contribution in [-0.4, -0.2) is 51.1 Å². The van der Waals surface area contributed by atoms with Crippen LogP contribution in [0.2, 0.25) is 0 Å². The fraction of sp³-hybridized carbons (Fsp3) is 0.923. The normalized spacial score (nSPS) is 20.6. The summed E-state index contributed by atoms with van der Waals surface area (Å²) in [5.74, 6) is 1.73. The molecule has 0 saturated carbocycles. The van der Waals surface area contributed by atoms with Gasteiger partial charge in [0, 0.05) is 26.7 Å². The number of hydrogen-bond acceptors (Lipinski definition) is 2. The molecule has 1 rings (SSSR count). The first-order valence-electron chi connectivity index (χ1n) is 6.89. The van der Waals surface area contributed by atoms with Gasteiger partial charge in [0.25, 0.3) is 0 Å². The van der Waals surface area contributed by atoms with Crippen LogP contribution in [0.4, 0.5) is 0 Å². The molecule has 108 valence electrons. The molecule has 0 aromatic carbocycles. The highest BCUT2D eigenvalue weighted by molar-refractivity contribution is 14.0. The van der Waals surface area contributed by atoms with E-state index in [1.54, 1.807) is 0 Å². The Labute approximate surface area is 129 Å². The first-order valence-corrected chi connectivity index (χ1v) is 6.89. The molecule has 5 heteroatoms. The number of guanidine groups is 1. The first-order chi connectivity index (χ1) is 8.26. The van der Waals surface area contributed by atoms with E-state index in [-0.39, 0.29) is 24.0 Å². The van der Waals surface area contributed by atoms with E-state index >= 15 is 0 Å². The summed E-state index contributed by atoms with van der Waals surface area (Å²) in [6.45, 7) is 6.73. The van der Waals surface area contributed by atoms with E-state index in [0.717, 1.165) is 25.0 Å². The Balaban J connectivity index is 0.00000289. The number of halogens is 1. The number of unbranched alkanes of at least 4 members (excludes halogenated alkanes) is 2. The summed E-state index contributed by atoms with van der Waals surface area (Å²) in [5, 5.41) is 6.79. The van der Waals surface area contributed by atoms with Gasteiger partial charge < -0.3 is 15.5 Å². The molecular formula is C13H29IN4. The van der Waals surface area contributed by atoms with E-state index in [0.29, 0.717) is 0 Å². The number of nitrogens with zero attached hydrogens (tertiary/aromatic N) is 2. The summed E-state index contributed by atoms with van der Waals surface area (Å²) in [6.07, 6.45) is 5.08. The Bertz CT molecular complexity index is 233. The smallest absolute Gasteiger partial charge is 0.190 e. The van der Waals surface area contributed by atoms with Crippen molar-refractivity contribution in [2.45, 2.75) is 32.6 Å². The van der Waals surface area contributed by atoms with Gasteiger partial charge in [0.2, 0.25) is 0 Å². The van der Waals surface area contributed by atoms with Crippen LogP contribution < -0.4 is 10.6 Å². The van der Waals surface area contributed by atoms with Gasteiger partial charge in [-0.25, -0.2) is 0 Å². The summed E-state index contributed by atoms with van der Waals surface area (Å²) < 4.78 is 0. The third-order valence-corrected chi connectivity index (χ3v) is 3.34. The van der Waals surface area contributed by atoms with Crippen LogP contribution in [0.25, 0.3) is 0 Å². The van der Waals surface area contributed by atoms with Crippen LogP contribution in [0.15, 0.2) is 4.99 Å². The third kappa shape index (κ3) is 7.41. The van der Waals surface area contributed by atoms with Gasteiger partial charge in [-0.1, -0.05) is 19.8 Å². The largest absolute Gasteiger partial charge is 0.356 e. The van der Waals surface area contributed by atoms with Crippen molar-refractivity contribution in [2.24, 2.45) is 10.9 Å². The van der Waals surface area contributed by atoms with Gasteiger partial charge in [0.05, 0.1) is 0 Å². The number of hydrogen-bond donors (Lipinski definition) is 2. The fourth-order valence-electron chi connectivity index (χ4n) is 2.24. The second kappa shape index (κ2) is 10.8. The molecule has 0 spiro atoms. The maximum absolute atomic E-state index is 4.25. The molecule has 0 bridgehead atoms. The SMILES string of the molecule is CCCCCNC(=NC)NCC1CCN(C)C1.I. The van der Waals surface area contributed by atoms with Crippen molar-refractivity contribution in [3.05, 3.63) is 0 Å². The Morgan fingerprint density at radius 3 is 2.67 bits per heavy atom. The van der Waals surface area contributed by atoms with E-state index in [2.05, 4.69) is 34.5 Å². The first kappa shape index (κ1) is 18.0. The van der Waals surface area contributed by atoms with E-state index in [4.69, 9.17) is 0 Å². The number of likely N-dealkylation sites (tertiary alicyclic amines) is 1. The third-order valence-electron chi connectivity index (χ3n) is 3.34. The summed E-state index contributed by atoms with van der Waals surface area (Å²) in [4.78, 5) is 6.64. The molecule has 1 atom stereocenters. The molecule has 0 amide bonds. The summed E-state index contributed by atoms with van der Waals surface area (Å²) in [5.41, 5.74) is 0. The Morgan fingerprint density at radius 1 is 1.33 bits per heavy atom. The number of nitrogens with one attached hydrogen (secondary N) is 2. The van der Waals surface area contributed by atoms with Crippen LogP contribution >= 0.6 is 24.0 Å². The Hall–Kier alpha value is -0.0400. The standard InChI is InChI=1S/C13H28N4.HI/c1-4-5-6-8-15-13(14-2)16-10-12-7-9-17(3)11-12;/h12H,4-11H2,1-3H3,(H2,14,15,16);1H. The topological polar surface area (TPSA) is 39.7 Å². The summed E-state index contributed by atoms with van der Waals surface area (Å²) >= 11 is 0. The predicted molar refractivity (Wildman–Crippen MR) is 89.9 cm³/mol. The molecule has 18 heavy (non-hydrogen) atoms. The summed E-state index contributed by atoms with van der Waals surface area (Å²) in [6, 6.07) is 0. The number of aliphatic imine (C=N–C) groups is 1. The molecule has 0 aromatic rings. The highest BCUT2D eigenvalue weighted by Gasteiger charge is 2.19. The molecule has 0 aromatic heterocycles. The van der Waals surface area contributed by atoms with Gasteiger partial charge in [-0.3, -0.25) is 4.99 Å². The maximum atomic E-state index is 4.25. The van der Waals surface area contributed by atoms with Crippen LogP contribution in [0, 0.1) is 5.92 Å². The lowest BCUT2D eigenvalue weighted by Crippen LogP contribution is -2.40. The molecule has 1 fully saturated rings. The van der Waals surface area contributed by atoms with Gasteiger partial charge >= 0.3 is 0 Å². The Kier molecular flexibility index (Phi) is 10.8. The lowest BCUT2D eigenvalue weighted by Gasteiger charge is -2.15. The van der Waals surface area contributed by atoms with E-state index < -0.39 is 0 Å². The van der Waals surface area contributed by atoms with Crippen LogP contribution in [0.3, 0.4) is 0 Å². The second-order valence-electron chi connectivity index (χ2n) is 5.00. The highest BCUT2D eigenvalue weighted by Crippen LogP contribution is 2.12. The van der Waals surface area contributed by atoms with Crippen molar-refractivity contribution < 1.29 is 0 Å². The fourth-order valence-corrected chi connectivity index (χ4v) is 2.24. The second-order valence-corrected chi connectivity index (χ2v) is 5.00. The van der Waals surface area contributed by atoms with Crippen molar-refractivity contribution in [2.75, 3.05) is 40.3 Å². The molecule has 1 aliphatic heterocycles. The molecule has 4 nitrogen and oxygen atoms in total. The van der Waals surface area contributed by atoms with Gasteiger partial charge in [0.15, 0.2) is 5.96 Å². The minimum atomic E-state index is 0. The lowest BCUT2D eigenvalue weighted by molar-refractivity contribution is 0.394. The van der Waals surface area contributed by atoms with Gasteiger partial charge in [0.1, 0.15) is 0 Å². The Morgan fingerprint density at radius 2 is 2.11 bits per heavy atom. The van der Waals surface area contributed by atoms with E-state index in [1.807, 2.05) is 7.05 Å². The minimum Gasteiger partial charge on any atom is -0.356 e. The van der Waals surface area contributed by atoms with Crippen LogP contribution in [0.5, 0.6) is 0 Å². The predicted octanol–water partition coefficient (Wildman–Crippen LogP) is 1.91. The van der Waals surface area contributed by atoms with E-state index in [1.165, 1.54) is 38.8 Å². The zero-order valence-corrected chi connectivity index (χ0v) is 14.4. The molecule has 1 saturated heterocycles. The average molecular weight is 368 g/mol. The molecular weight excluding hydrogens is 339 g/mol. The monoisotopic (exact) mass is 368 g/mol. The highest BCUT2D eigenvalue weighted by atomic mass is 127. The average Bonchev–Trinajstić information content (AvgIpc) is 2.74. The van der Waals surface area contributed by atoms with Gasteiger partial charge in [-0.05, 0) is 32.4 Å². The molecule has 2 N–H and O–H groups in total. The van der Waals surface area contributed by atoms with Gasteiger partial charge in [-0.15, -0.1) is 24.0 Å². The molecule has 1 aliphatic rings. The zero-order valence-electron chi connectivity index (χ0n) is 12.0. The lowest BCUT2D eigenvalue weighted by atomic mass is 10.1. The van der Waals surface area contributed by atoms with Crippen molar-refractivity contribution >= 4 is 29.9 Å². The quantitative estimate of drug-likeness (QED) is 0.326. The van der Waals surface area contributed by atoms with E-state index in [9.17, 15) is 0 Å². The summed E-state index contributed by atoms with van der Waals surface area (Å²) in [7, 11) is 4.04. The molecule has 1 unspecified atom stereocenters. The van der Waals surface area contributed by atoms with Crippen LogP contribution in [0.1, 0.15) is 32.6 Å².